The summed E-state index contributed by atoms with van der Waals surface area (Å²) in [5.41, 5.74) is 1.20. The number of rotatable bonds is 5. The molecule has 0 fully saturated rings. The molecule has 5 heteroatoms. The SMILES string of the molecule is [CH3][Sn]([CH3])([CH3])[c]1cc(Br)cc(-n2cc[n+](CCCO)c2)c1. The van der Waals surface area contributed by atoms with Gasteiger partial charge in [0, 0.05) is 0 Å². The van der Waals surface area contributed by atoms with E-state index in [4.69, 9.17) is 5.11 Å². The number of aromatic nitrogens is 2. The van der Waals surface area contributed by atoms with E-state index in [1.807, 2.05) is 0 Å². The van der Waals surface area contributed by atoms with Crippen LogP contribution in [0.4, 0.5) is 0 Å². The first-order chi connectivity index (χ1) is 9.40. The maximum absolute atomic E-state index is 8.89. The van der Waals surface area contributed by atoms with Crippen molar-refractivity contribution >= 4 is 37.9 Å². The molecule has 2 rings (SSSR count). The fourth-order valence-corrected chi connectivity index (χ4v) is 6.51. The number of aliphatic hydroxyl groups is 1. The molecule has 0 aliphatic heterocycles. The zero-order valence-corrected chi connectivity index (χ0v) is 16.7. The van der Waals surface area contributed by atoms with E-state index in [9.17, 15) is 0 Å². The van der Waals surface area contributed by atoms with Crippen molar-refractivity contribution in [3.05, 3.63) is 41.4 Å². The number of aryl methyl sites for hydroxylation is 1. The molecule has 0 radical (unpaired) electrons. The number of imidazole rings is 1. The minimum atomic E-state index is -2.07. The van der Waals surface area contributed by atoms with Crippen LogP contribution in [0.25, 0.3) is 5.69 Å². The van der Waals surface area contributed by atoms with Gasteiger partial charge in [0.15, 0.2) is 0 Å². The van der Waals surface area contributed by atoms with E-state index in [-0.39, 0.29) is 6.61 Å². The van der Waals surface area contributed by atoms with Crippen LogP contribution < -0.4 is 8.15 Å². The molecule has 0 spiro atoms. The zero-order valence-electron chi connectivity index (χ0n) is 12.3. The third-order valence-electron chi connectivity index (χ3n) is 3.31. The van der Waals surface area contributed by atoms with Gasteiger partial charge >= 0.3 is 134 Å². The molecule has 2 aromatic rings. The third kappa shape index (κ3) is 4.08. The molecule has 1 N–H and O–H groups in total. The summed E-state index contributed by atoms with van der Waals surface area (Å²) in [5, 5.41) is 8.89. The molecule has 1 heterocycles. The number of nitrogens with zero attached hydrogens (tertiary/aromatic N) is 2. The molecule has 108 valence electrons. The van der Waals surface area contributed by atoms with Gasteiger partial charge in [-0.25, -0.2) is 0 Å². The molecule has 0 atom stereocenters. The second-order valence-corrected chi connectivity index (χ2v) is 21.5. The summed E-state index contributed by atoms with van der Waals surface area (Å²) in [6.07, 6.45) is 6.99. The molecule has 0 saturated heterocycles. The van der Waals surface area contributed by atoms with Crippen molar-refractivity contribution in [2.75, 3.05) is 6.61 Å². The van der Waals surface area contributed by atoms with Crippen LogP contribution in [0.3, 0.4) is 0 Å². The Bertz CT molecular complexity index is 590. The van der Waals surface area contributed by atoms with E-state index in [1.54, 1.807) is 0 Å². The molecule has 0 unspecified atom stereocenters. The Balaban J connectivity index is 2.32. The van der Waals surface area contributed by atoms with Gasteiger partial charge in [-0.15, -0.1) is 0 Å². The van der Waals surface area contributed by atoms with Crippen molar-refractivity contribution < 1.29 is 9.67 Å². The van der Waals surface area contributed by atoms with Gasteiger partial charge in [-0.05, 0) is 0 Å². The van der Waals surface area contributed by atoms with Gasteiger partial charge in [-0.1, -0.05) is 0 Å². The first-order valence-electron chi connectivity index (χ1n) is 6.89. The first kappa shape index (κ1) is 16.0. The van der Waals surface area contributed by atoms with Crippen molar-refractivity contribution in [2.45, 2.75) is 27.8 Å². The van der Waals surface area contributed by atoms with Crippen LogP contribution in [-0.4, -0.2) is 34.7 Å². The standard InChI is InChI=1S/C12H13BrN2O.3CH3.Sn/c13-11-3-1-4-12(9-11)15-7-6-14(10-15)5-2-8-16;;;;/h3-4,6-7,9-10,16H,2,5,8H2;3*1H3;/q+1;;;;. The minimum absolute atomic E-state index is 0.234. The number of hydrogen-bond acceptors (Lipinski definition) is 1. The fourth-order valence-electron chi connectivity index (χ4n) is 2.09. The molecule has 0 amide bonds. The van der Waals surface area contributed by atoms with Crippen LogP contribution in [0.15, 0.2) is 41.4 Å². The average molecular weight is 445 g/mol. The topological polar surface area (TPSA) is 29.0 Å². The summed E-state index contributed by atoms with van der Waals surface area (Å²) in [7, 11) is 0. The van der Waals surface area contributed by atoms with Gasteiger partial charge in [0.1, 0.15) is 0 Å². The van der Waals surface area contributed by atoms with Gasteiger partial charge in [-0.3, -0.25) is 0 Å². The van der Waals surface area contributed by atoms with Crippen LogP contribution in [0, 0.1) is 0 Å². The first-order valence-corrected chi connectivity index (χ1v) is 17.7. The molecule has 3 nitrogen and oxygen atoms in total. The van der Waals surface area contributed by atoms with E-state index < -0.39 is 18.4 Å². The predicted octanol–water partition coefficient (Wildman–Crippen LogP) is 2.45. The molecule has 1 aromatic heterocycles. The number of halogens is 1. The van der Waals surface area contributed by atoms with Gasteiger partial charge in [0.25, 0.3) is 0 Å². The van der Waals surface area contributed by atoms with Crippen LogP contribution in [0.5, 0.6) is 0 Å². The predicted molar refractivity (Wildman–Crippen MR) is 88.3 cm³/mol. The second-order valence-electron chi connectivity index (χ2n) is 6.08. The summed E-state index contributed by atoms with van der Waals surface area (Å²) in [6, 6.07) is 6.73. The Morgan fingerprint density at radius 2 is 2.00 bits per heavy atom. The normalized spacial score (nSPS) is 11.8. The zero-order chi connectivity index (χ0) is 14.8. The number of benzene rings is 1. The summed E-state index contributed by atoms with van der Waals surface area (Å²) in [6.45, 7) is 1.08. The van der Waals surface area contributed by atoms with Crippen molar-refractivity contribution in [3.8, 4) is 5.69 Å². The van der Waals surface area contributed by atoms with E-state index in [0.717, 1.165) is 17.4 Å². The van der Waals surface area contributed by atoms with Crippen molar-refractivity contribution in [1.29, 1.82) is 0 Å². The molecule has 0 saturated carbocycles. The van der Waals surface area contributed by atoms with E-state index in [1.165, 1.54) is 9.27 Å². The molecular formula is C15H22BrN2OSn+. The quantitative estimate of drug-likeness (QED) is 0.557. The Morgan fingerprint density at radius 1 is 1.25 bits per heavy atom. The van der Waals surface area contributed by atoms with E-state index in [2.05, 4.69) is 76.8 Å². The van der Waals surface area contributed by atoms with Crippen LogP contribution in [0.1, 0.15) is 6.42 Å². The van der Waals surface area contributed by atoms with Crippen molar-refractivity contribution in [3.63, 3.8) is 0 Å². The third-order valence-corrected chi connectivity index (χ3v) is 9.54. The molecular weight excluding hydrogens is 423 g/mol. The summed E-state index contributed by atoms with van der Waals surface area (Å²) < 4.78 is 6.91. The average Bonchev–Trinajstić information content (AvgIpc) is 2.83. The summed E-state index contributed by atoms with van der Waals surface area (Å²) >= 11 is 1.56. The molecule has 0 bridgehead atoms. The monoisotopic (exact) mass is 445 g/mol. The van der Waals surface area contributed by atoms with E-state index >= 15 is 0 Å². The van der Waals surface area contributed by atoms with Crippen LogP contribution in [0.2, 0.25) is 14.8 Å². The Kier molecular flexibility index (Phi) is 5.31. The molecule has 0 aliphatic rings. The molecule has 1 aromatic carbocycles. The van der Waals surface area contributed by atoms with Gasteiger partial charge in [-0.2, -0.15) is 0 Å². The summed E-state index contributed by atoms with van der Waals surface area (Å²) in [5.74, 6) is 0. The summed E-state index contributed by atoms with van der Waals surface area (Å²) in [4.78, 5) is 7.28. The molecule has 20 heavy (non-hydrogen) atoms. The van der Waals surface area contributed by atoms with Gasteiger partial charge in [0.2, 0.25) is 0 Å². The Hall–Kier alpha value is -0.331. The molecule has 0 aliphatic carbocycles. The van der Waals surface area contributed by atoms with Gasteiger partial charge in [0.05, 0.1) is 0 Å². The van der Waals surface area contributed by atoms with Crippen LogP contribution >= 0.6 is 15.9 Å². The van der Waals surface area contributed by atoms with Crippen LogP contribution in [-0.2, 0) is 6.54 Å². The second kappa shape index (κ2) is 6.62. The van der Waals surface area contributed by atoms with Crippen molar-refractivity contribution in [1.82, 2.24) is 4.57 Å². The van der Waals surface area contributed by atoms with Crippen molar-refractivity contribution in [2.24, 2.45) is 0 Å². The Morgan fingerprint density at radius 3 is 2.65 bits per heavy atom. The van der Waals surface area contributed by atoms with Gasteiger partial charge < -0.3 is 0 Å². The maximum atomic E-state index is 8.89. The van der Waals surface area contributed by atoms with E-state index in [0.29, 0.717) is 0 Å². The fraction of sp³-hybridized carbons (Fsp3) is 0.400. The number of hydrogen-bond donors (Lipinski definition) is 1. The Labute approximate surface area is 133 Å². The number of aliphatic hydroxyl groups excluding tert-OH is 1.